The Balaban J connectivity index is 2.48. The molecule has 9 nitrogen and oxygen atoms in total. The van der Waals surface area contributed by atoms with Crippen molar-refractivity contribution < 1.29 is 9.47 Å². The molecule has 0 saturated heterocycles. The first-order valence-corrected chi connectivity index (χ1v) is 8.14. The molecule has 0 spiro atoms. The zero-order valence-corrected chi connectivity index (χ0v) is 14.7. The standard InChI is InChI=1S/C16H29N7O2/c1-24-13-4-5-14(25-9-3-8-23-16(19)20)12(10-13)11-21-6-2-7-22-15(17)18/h4-5,10,21H,2-3,6-9,11H2,1H3,(H4,17,18,22)(H4,19,20,23). The molecule has 25 heavy (non-hydrogen) atoms. The van der Waals surface area contributed by atoms with Crippen molar-refractivity contribution in [1.82, 2.24) is 5.32 Å². The Morgan fingerprint density at radius 3 is 2.36 bits per heavy atom. The molecule has 0 aliphatic heterocycles. The maximum Gasteiger partial charge on any atom is 0.185 e. The number of hydrogen-bond donors (Lipinski definition) is 5. The first kappa shape index (κ1) is 20.4. The molecule has 0 saturated carbocycles. The van der Waals surface area contributed by atoms with Crippen molar-refractivity contribution in [2.75, 3.05) is 33.4 Å². The van der Waals surface area contributed by atoms with Gasteiger partial charge in [-0.05, 0) is 31.2 Å². The lowest BCUT2D eigenvalue weighted by Crippen LogP contribution is -2.23. The molecule has 0 heterocycles. The van der Waals surface area contributed by atoms with E-state index in [1.807, 2.05) is 18.2 Å². The van der Waals surface area contributed by atoms with Crippen LogP contribution >= 0.6 is 0 Å². The topological polar surface area (TPSA) is 159 Å². The molecule has 0 unspecified atom stereocenters. The maximum atomic E-state index is 5.83. The van der Waals surface area contributed by atoms with Gasteiger partial charge in [0.15, 0.2) is 11.9 Å². The van der Waals surface area contributed by atoms with E-state index in [4.69, 9.17) is 32.4 Å². The fraction of sp³-hybridized carbons (Fsp3) is 0.500. The van der Waals surface area contributed by atoms with E-state index in [-0.39, 0.29) is 11.9 Å². The van der Waals surface area contributed by atoms with Gasteiger partial charge in [0.1, 0.15) is 11.5 Å². The minimum Gasteiger partial charge on any atom is -0.497 e. The summed E-state index contributed by atoms with van der Waals surface area (Å²) in [6, 6.07) is 5.72. The summed E-state index contributed by atoms with van der Waals surface area (Å²) >= 11 is 0. The molecular formula is C16H29N7O2. The van der Waals surface area contributed by atoms with Crippen LogP contribution in [0.5, 0.6) is 11.5 Å². The summed E-state index contributed by atoms with van der Waals surface area (Å²) in [7, 11) is 1.64. The van der Waals surface area contributed by atoms with E-state index >= 15 is 0 Å². The molecule has 0 bridgehead atoms. The van der Waals surface area contributed by atoms with Gasteiger partial charge in [-0.1, -0.05) is 0 Å². The molecular weight excluding hydrogens is 322 g/mol. The summed E-state index contributed by atoms with van der Waals surface area (Å²) in [5, 5.41) is 3.34. The van der Waals surface area contributed by atoms with Crippen LogP contribution < -0.4 is 37.7 Å². The van der Waals surface area contributed by atoms with Gasteiger partial charge < -0.3 is 37.7 Å². The third-order valence-electron chi connectivity index (χ3n) is 3.24. The van der Waals surface area contributed by atoms with E-state index in [1.165, 1.54) is 0 Å². The number of nitrogens with two attached hydrogens (primary N) is 4. The third kappa shape index (κ3) is 9.26. The van der Waals surface area contributed by atoms with E-state index in [0.29, 0.717) is 26.2 Å². The second kappa shape index (κ2) is 11.8. The van der Waals surface area contributed by atoms with Gasteiger partial charge in [0, 0.05) is 31.6 Å². The van der Waals surface area contributed by atoms with E-state index in [2.05, 4.69) is 15.3 Å². The average molecular weight is 351 g/mol. The summed E-state index contributed by atoms with van der Waals surface area (Å²) in [5.74, 6) is 1.80. The predicted molar refractivity (Wildman–Crippen MR) is 101 cm³/mol. The average Bonchev–Trinajstić information content (AvgIpc) is 2.57. The second-order valence-electron chi connectivity index (χ2n) is 5.32. The van der Waals surface area contributed by atoms with Gasteiger partial charge >= 0.3 is 0 Å². The second-order valence-corrected chi connectivity index (χ2v) is 5.32. The van der Waals surface area contributed by atoms with Crippen LogP contribution in [0.25, 0.3) is 0 Å². The molecule has 140 valence electrons. The number of methoxy groups -OCH3 is 1. The first-order chi connectivity index (χ1) is 12.0. The summed E-state index contributed by atoms with van der Waals surface area (Å²) in [6.45, 7) is 3.11. The van der Waals surface area contributed by atoms with E-state index in [0.717, 1.165) is 36.4 Å². The van der Waals surface area contributed by atoms with Gasteiger partial charge in [-0.15, -0.1) is 0 Å². The number of nitrogens with one attached hydrogen (secondary N) is 1. The fourth-order valence-corrected chi connectivity index (χ4v) is 2.05. The summed E-state index contributed by atoms with van der Waals surface area (Å²) in [5.41, 5.74) is 22.2. The highest BCUT2D eigenvalue weighted by Crippen LogP contribution is 2.24. The molecule has 0 radical (unpaired) electrons. The molecule has 1 aromatic carbocycles. The fourth-order valence-electron chi connectivity index (χ4n) is 2.05. The molecule has 0 amide bonds. The summed E-state index contributed by atoms with van der Waals surface area (Å²) < 4.78 is 11.1. The van der Waals surface area contributed by atoms with Crippen LogP contribution in [-0.2, 0) is 6.54 Å². The van der Waals surface area contributed by atoms with Crippen molar-refractivity contribution >= 4 is 11.9 Å². The Morgan fingerprint density at radius 1 is 1.04 bits per heavy atom. The molecule has 0 fully saturated rings. The van der Waals surface area contributed by atoms with Crippen molar-refractivity contribution in [2.45, 2.75) is 19.4 Å². The lowest BCUT2D eigenvalue weighted by molar-refractivity contribution is 0.308. The van der Waals surface area contributed by atoms with Crippen molar-refractivity contribution in [3.05, 3.63) is 23.8 Å². The van der Waals surface area contributed by atoms with E-state index in [1.54, 1.807) is 7.11 Å². The van der Waals surface area contributed by atoms with Crippen LogP contribution in [0, 0.1) is 0 Å². The quantitative estimate of drug-likeness (QED) is 0.193. The van der Waals surface area contributed by atoms with Crippen molar-refractivity contribution in [2.24, 2.45) is 32.9 Å². The Bertz CT molecular complexity index is 568. The van der Waals surface area contributed by atoms with E-state index < -0.39 is 0 Å². The Hall–Kier alpha value is -2.68. The van der Waals surface area contributed by atoms with Crippen molar-refractivity contribution in [3.8, 4) is 11.5 Å². The molecule has 9 N–H and O–H groups in total. The van der Waals surface area contributed by atoms with Gasteiger partial charge in [0.2, 0.25) is 0 Å². The summed E-state index contributed by atoms with van der Waals surface area (Å²) in [6.07, 6.45) is 1.58. The minimum absolute atomic E-state index is 0.0927. The number of benzene rings is 1. The third-order valence-corrected chi connectivity index (χ3v) is 3.24. The highest BCUT2D eigenvalue weighted by molar-refractivity contribution is 5.75. The molecule has 9 heteroatoms. The highest BCUT2D eigenvalue weighted by Gasteiger charge is 2.06. The maximum absolute atomic E-state index is 5.83. The lowest BCUT2D eigenvalue weighted by Gasteiger charge is -2.13. The van der Waals surface area contributed by atoms with Gasteiger partial charge in [-0.3, -0.25) is 9.98 Å². The number of rotatable bonds is 12. The molecule has 0 aliphatic rings. The molecule has 0 aromatic heterocycles. The minimum atomic E-state index is 0.0927. The van der Waals surface area contributed by atoms with Crippen LogP contribution in [0.2, 0.25) is 0 Å². The first-order valence-electron chi connectivity index (χ1n) is 8.14. The SMILES string of the molecule is COc1ccc(OCCCN=C(N)N)c(CNCCCN=C(N)N)c1. The van der Waals surface area contributed by atoms with Crippen LogP contribution in [0.4, 0.5) is 0 Å². The highest BCUT2D eigenvalue weighted by atomic mass is 16.5. The number of ether oxygens (including phenoxy) is 2. The van der Waals surface area contributed by atoms with Gasteiger partial charge in [-0.2, -0.15) is 0 Å². The molecule has 0 atom stereocenters. The molecule has 1 rings (SSSR count). The van der Waals surface area contributed by atoms with E-state index in [9.17, 15) is 0 Å². The lowest BCUT2D eigenvalue weighted by atomic mass is 10.2. The monoisotopic (exact) mass is 351 g/mol. The zero-order chi connectivity index (χ0) is 18.5. The van der Waals surface area contributed by atoms with Crippen LogP contribution in [0.3, 0.4) is 0 Å². The Kier molecular flexibility index (Phi) is 9.61. The molecule has 0 aliphatic carbocycles. The van der Waals surface area contributed by atoms with Gasteiger partial charge in [-0.25, -0.2) is 0 Å². The number of nitrogens with zero attached hydrogens (tertiary/aromatic N) is 2. The Labute approximate surface area is 148 Å². The van der Waals surface area contributed by atoms with Crippen LogP contribution in [0.15, 0.2) is 28.2 Å². The number of guanidine groups is 2. The van der Waals surface area contributed by atoms with Crippen molar-refractivity contribution in [3.63, 3.8) is 0 Å². The summed E-state index contributed by atoms with van der Waals surface area (Å²) in [4.78, 5) is 7.87. The van der Waals surface area contributed by atoms with Crippen molar-refractivity contribution in [1.29, 1.82) is 0 Å². The zero-order valence-electron chi connectivity index (χ0n) is 14.7. The van der Waals surface area contributed by atoms with Crippen LogP contribution in [0.1, 0.15) is 18.4 Å². The predicted octanol–water partition coefficient (Wildman–Crippen LogP) is -0.509. The number of hydrogen-bond acceptors (Lipinski definition) is 5. The Morgan fingerprint density at radius 2 is 1.72 bits per heavy atom. The largest absolute Gasteiger partial charge is 0.497 e. The van der Waals surface area contributed by atoms with Gasteiger partial charge in [0.25, 0.3) is 0 Å². The van der Waals surface area contributed by atoms with Gasteiger partial charge in [0.05, 0.1) is 13.7 Å². The molecule has 1 aromatic rings. The smallest absolute Gasteiger partial charge is 0.185 e. The normalized spacial score (nSPS) is 10.1. The van der Waals surface area contributed by atoms with Crippen LogP contribution in [-0.4, -0.2) is 45.3 Å². The number of aliphatic imine (C=N–C) groups is 2.